The molecule has 2 aromatic rings. The Morgan fingerprint density at radius 3 is 3.11 bits per heavy atom. The lowest BCUT2D eigenvalue weighted by molar-refractivity contribution is 0.0520. The van der Waals surface area contributed by atoms with Gasteiger partial charge in [-0.3, -0.25) is 0 Å². The summed E-state index contributed by atoms with van der Waals surface area (Å²) in [7, 11) is 0. The maximum Gasteiger partial charge on any atom is 0.357 e. The summed E-state index contributed by atoms with van der Waals surface area (Å²) < 4.78 is 5.78. The predicted octanol–water partition coefficient (Wildman–Crippen LogP) is 4.48. The van der Waals surface area contributed by atoms with Crippen molar-refractivity contribution in [3.05, 3.63) is 38.8 Å². The smallest absolute Gasteiger partial charge is 0.357 e. The van der Waals surface area contributed by atoms with E-state index in [1.807, 2.05) is 12.1 Å². The lowest BCUT2D eigenvalue weighted by atomic mass is 10.3. The molecule has 0 saturated carbocycles. The van der Waals surface area contributed by atoms with Crippen LogP contribution in [0.25, 0.3) is 0 Å². The van der Waals surface area contributed by atoms with E-state index in [-0.39, 0.29) is 0 Å². The van der Waals surface area contributed by atoms with Crippen LogP contribution in [-0.4, -0.2) is 17.6 Å². The third-order valence-electron chi connectivity index (χ3n) is 2.16. The number of anilines is 2. The van der Waals surface area contributed by atoms with Crippen molar-refractivity contribution in [3.63, 3.8) is 0 Å². The summed E-state index contributed by atoms with van der Waals surface area (Å²) in [6.45, 7) is 2.08. The molecule has 0 bridgehead atoms. The van der Waals surface area contributed by atoms with Gasteiger partial charge >= 0.3 is 5.97 Å². The standard InChI is InChI=1S/C12H10BrClN2O2S/c1-2-18-11(17)10-6-19-12(16-10)15-9-5-7(13)3-4-8(9)14/h3-6H,2H2,1H3,(H,15,16). The highest BCUT2D eigenvalue weighted by Crippen LogP contribution is 2.29. The Hall–Kier alpha value is -1.11. The van der Waals surface area contributed by atoms with E-state index in [1.54, 1.807) is 18.4 Å². The summed E-state index contributed by atoms with van der Waals surface area (Å²) in [6, 6.07) is 5.46. The van der Waals surface area contributed by atoms with Gasteiger partial charge in [-0.15, -0.1) is 11.3 Å². The van der Waals surface area contributed by atoms with Crippen LogP contribution < -0.4 is 5.32 Å². The van der Waals surface area contributed by atoms with E-state index in [4.69, 9.17) is 16.3 Å². The zero-order chi connectivity index (χ0) is 13.8. The van der Waals surface area contributed by atoms with Gasteiger partial charge in [0.05, 0.1) is 17.3 Å². The van der Waals surface area contributed by atoms with E-state index in [2.05, 4.69) is 26.2 Å². The number of aromatic nitrogens is 1. The van der Waals surface area contributed by atoms with E-state index in [0.29, 0.717) is 22.5 Å². The number of esters is 1. The molecule has 100 valence electrons. The molecule has 7 heteroatoms. The number of halogens is 2. The van der Waals surface area contributed by atoms with Gasteiger partial charge in [-0.2, -0.15) is 0 Å². The number of thiazole rings is 1. The summed E-state index contributed by atoms with van der Waals surface area (Å²) in [6.07, 6.45) is 0. The first-order chi connectivity index (χ1) is 9.10. The molecule has 0 spiro atoms. The van der Waals surface area contributed by atoms with Crippen LogP contribution in [0.5, 0.6) is 0 Å². The van der Waals surface area contributed by atoms with Gasteiger partial charge < -0.3 is 10.1 Å². The van der Waals surface area contributed by atoms with Crippen LogP contribution in [0.3, 0.4) is 0 Å². The SMILES string of the molecule is CCOC(=O)c1csc(Nc2cc(Br)ccc2Cl)n1. The average Bonchev–Trinajstić information content (AvgIpc) is 2.83. The number of hydrogen-bond donors (Lipinski definition) is 1. The van der Waals surface area contributed by atoms with Gasteiger partial charge in [0.15, 0.2) is 10.8 Å². The predicted molar refractivity (Wildman–Crippen MR) is 80.5 cm³/mol. The third-order valence-corrected chi connectivity index (χ3v) is 3.74. The van der Waals surface area contributed by atoms with E-state index in [0.717, 1.165) is 10.2 Å². The molecule has 0 aliphatic heterocycles. The largest absolute Gasteiger partial charge is 0.461 e. The minimum absolute atomic E-state index is 0.292. The summed E-state index contributed by atoms with van der Waals surface area (Å²) in [5, 5.41) is 5.88. The van der Waals surface area contributed by atoms with Crippen LogP contribution in [0.4, 0.5) is 10.8 Å². The monoisotopic (exact) mass is 360 g/mol. The molecule has 0 saturated heterocycles. The number of ether oxygens (including phenoxy) is 1. The van der Waals surface area contributed by atoms with E-state index >= 15 is 0 Å². The summed E-state index contributed by atoms with van der Waals surface area (Å²) >= 11 is 10.8. The Labute approximate surface area is 127 Å². The highest BCUT2D eigenvalue weighted by Gasteiger charge is 2.12. The molecule has 1 heterocycles. The Balaban J connectivity index is 2.15. The lowest BCUT2D eigenvalue weighted by Gasteiger charge is -2.05. The van der Waals surface area contributed by atoms with Gasteiger partial charge in [-0.05, 0) is 25.1 Å². The Kier molecular flexibility index (Phi) is 4.79. The number of carbonyl (C=O) groups is 1. The van der Waals surface area contributed by atoms with Crippen molar-refractivity contribution < 1.29 is 9.53 Å². The van der Waals surface area contributed by atoms with E-state index in [9.17, 15) is 4.79 Å². The van der Waals surface area contributed by atoms with Crippen LogP contribution in [0.15, 0.2) is 28.1 Å². The maximum absolute atomic E-state index is 11.5. The van der Waals surface area contributed by atoms with Crippen molar-refractivity contribution in [1.82, 2.24) is 4.98 Å². The zero-order valence-electron chi connectivity index (χ0n) is 9.94. The molecule has 4 nitrogen and oxygen atoms in total. The highest BCUT2D eigenvalue weighted by molar-refractivity contribution is 9.10. The number of rotatable bonds is 4. The molecule has 0 unspecified atom stereocenters. The number of hydrogen-bond acceptors (Lipinski definition) is 5. The van der Waals surface area contributed by atoms with Crippen LogP contribution in [-0.2, 0) is 4.74 Å². The Morgan fingerprint density at radius 2 is 2.37 bits per heavy atom. The molecular weight excluding hydrogens is 352 g/mol. The molecule has 1 aromatic carbocycles. The molecule has 2 rings (SSSR count). The maximum atomic E-state index is 11.5. The quantitative estimate of drug-likeness (QED) is 0.816. The number of nitrogens with zero attached hydrogens (tertiary/aromatic N) is 1. The summed E-state index contributed by atoms with van der Waals surface area (Å²) in [5.41, 5.74) is 1.02. The van der Waals surface area contributed by atoms with Gasteiger partial charge in [0, 0.05) is 9.85 Å². The molecule has 1 N–H and O–H groups in total. The number of carbonyl (C=O) groups excluding carboxylic acids is 1. The Bertz CT molecular complexity index is 603. The average molecular weight is 362 g/mol. The Morgan fingerprint density at radius 1 is 1.58 bits per heavy atom. The van der Waals surface area contributed by atoms with E-state index < -0.39 is 5.97 Å². The van der Waals surface area contributed by atoms with Gasteiger partial charge in [0.25, 0.3) is 0 Å². The minimum atomic E-state index is -0.424. The molecule has 0 atom stereocenters. The highest BCUT2D eigenvalue weighted by atomic mass is 79.9. The summed E-state index contributed by atoms with van der Waals surface area (Å²) in [4.78, 5) is 15.6. The fourth-order valence-corrected chi connectivity index (χ4v) is 2.56. The first-order valence-corrected chi connectivity index (χ1v) is 7.50. The van der Waals surface area contributed by atoms with Crippen LogP contribution >= 0.6 is 38.9 Å². The van der Waals surface area contributed by atoms with Gasteiger partial charge in [-0.1, -0.05) is 27.5 Å². The van der Waals surface area contributed by atoms with Gasteiger partial charge in [0.2, 0.25) is 0 Å². The second-order valence-corrected chi connectivity index (χ2v) is 5.69. The molecule has 0 fully saturated rings. The molecule has 0 amide bonds. The van der Waals surface area contributed by atoms with Crippen molar-refractivity contribution in [2.45, 2.75) is 6.92 Å². The fraction of sp³-hybridized carbons (Fsp3) is 0.167. The molecule has 1 aromatic heterocycles. The fourth-order valence-electron chi connectivity index (χ4n) is 1.34. The van der Waals surface area contributed by atoms with Crippen LogP contribution in [0.2, 0.25) is 5.02 Å². The van der Waals surface area contributed by atoms with Crippen molar-refractivity contribution >= 4 is 55.7 Å². The van der Waals surface area contributed by atoms with Crippen LogP contribution in [0.1, 0.15) is 17.4 Å². The van der Waals surface area contributed by atoms with Gasteiger partial charge in [0.1, 0.15) is 0 Å². The van der Waals surface area contributed by atoms with Crippen LogP contribution in [0, 0.1) is 0 Å². The van der Waals surface area contributed by atoms with Crippen molar-refractivity contribution in [2.24, 2.45) is 0 Å². The van der Waals surface area contributed by atoms with E-state index in [1.165, 1.54) is 11.3 Å². The first-order valence-electron chi connectivity index (χ1n) is 5.45. The molecule has 0 radical (unpaired) electrons. The van der Waals surface area contributed by atoms with Crippen molar-refractivity contribution in [3.8, 4) is 0 Å². The summed E-state index contributed by atoms with van der Waals surface area (Å²) in [5.74, 6) is -0.424. The molecule has 0 aliphatic carbocycles. The first kappa shape index (κ1) is 14.3. The van der Waals surface area contributed by atoms with Crippen molar-refractivity contribution in [2.75, 3.05) is 11.9 Å². The van der Waals surface area contributed by atoms with Gasteiger partial charge in [-0.25, -0.2) is 9.78 Å². The molecule has 19 heavy (non-hydrogen) atoms. The minimum Gasteiger partial charge on any atom is -0.461 e. The second-order valence-electron chi connectivity index (χ2n) is 3.51. The lowest BCUT2D eigenvalue weighted by Crippen LogP contribution is -2.05. The normalized spacial score (nSPS) is 10.3. The number of nitrogens with one attached hydrogen (secondary N) is 1. The molecule has 0 aliphatic rings. The zero-order valence-corrected chi connectivity index (χ0v) is 13.1. The molecular formula is C12H10BrClN2O2S. The topological polar surface area (TPSA) is 51.2 Å². The second kappa shape index (κ2) is 6.36. The third kappa shape index (κ3) is 3.68. The number of benzene rings is 1. The van der Waals surface area contributed by atoms with Crippen molar-refractivity contribution in [1.29, 1.82) is 0 Å².